The molecule has 1 aromatic heterocycles. The maximum Gasteiger partial charge on any atom is 0.0330 e. The predicted molar refractivity (Wildman–Crippen MR) is 58.5 cm³/mol. The Balaban J connectivity index is 2.52. The van der Waals surface area contributed by atoms with Gasteiger partial charge in [-0.15, -0.1) is 0 Å². The number of unbranched alkanes of at least 4 members (excludes halogenated alkanes) is 1. The molecule has 0 saturated heterocycles. The maximum absolute atomic E-state index is 6.00. The lowest BCUT2D eigenvalue weighted by molar-refractivity contribution is 0.603. The fourth-order valence-corrected chi connectivity index (χ4v) is 2.79. The van der Waals surface area contributed by atoms with Crippen LogP contribution >= 0.6 is 27.3 Å². The molecular weight excluding hydrogens is 234 g/mol. The molecule has 0 fully saturated rings. The summed E-state index contributed by atoms with van der Waals surface area (Å²) in [6, 6.07) is 0.213. The third-order valence-electron chi connectivity index (χ3n) is 1.91. The first-order valence-corrected chi connectivity index (χ1v) is 5.96. The highest BCUT2D eigenvalue weighted by Crippen LogP contribution is 2.28. The van der Waals surface area contributed by atoms with Crippen LogP contribution in [0.15, 0.2) is 15.2 Å². The van der Waals surface area contributed by atoms with Gasteiger partial charge in [0.25, 0.3) is 0 Å². The van der Waals surface area contributed by atoms with Crippen molar-refractivity contribution in [1.29, 1.82) is 0 Å². The number of thiophene rings is 1. The van der Waals surface area contributed by atoms with Gasteiger partial charge in [-0.25, -0.2) is 0 Å². The molecule has 0 bridgehead atoms. The second kappa shape index (κ2) is 5.00. The number of rotatable bonds is 4. The lowest BCUT2D eigenvalue weighted by Crippen LogP contribution is -2.09. The minimum Gasteiger partial charge on any atom is -0.324 e. The third kappa shape index (κ3) is 2.57. The predicted octanol–water partition coefficient (Wildman–Crippen LogP) is 3.70. The van der Waals surface area contributed by atoms with E-state index in [-0.39, 0.29) is 6.04 Å². The topological polar surface area (TPSA) is 26.0 Å². The van der Waals surface area contributed by atoms with Gasteiger partial charge in [-0.2, -0.15) is 11.3 Å². The maximum atomic E-state index is 6.00. The smallest absolute Gasteiger partial charge is 0.0330 e. The molecule has 0 amide bonds. The fourth-order valence-electron chi connectivity index (χ4n) is 1.14. The summed E-state index contributed by atoms with van der Waals surface area (Å²) in [5, 5.41) is 4.21. The molecule has 68 valence electrons. The van der Waals surface area contributed by atoms with Crippen molar-refractivity contribution in [2.45, 2.75) is 32.2 Å². The van der Waals surface area contributed by atoms with E-state index >= 15 is 0 Å². The van der Waals surface area contributed by atoms with Crippen molar-refractivity contribution in [3.8, 4) is 0 Å². The van der Waals surface area contributed by atoms with Crippen LogP contribution in [0.1, 0.15) is 37.8 Å². The molecule has 0 radical (unpaired) electrons. The van der Waals surface area contributed by atoms with E-state index in [0.717, 1.165) is 10.9 Å². The van der Waals surface area contributed by atoms with E-state index in [9.17, 15) is 0 Å². The van der Waals surface area contributed by atoms with Crippen LogP contribution in [0, 0.1) is 0 Å². The third-order valence-corrected chi connectivity index (χ3v) is 3.66. The first-order valence-electron chi connectivity index (χ1n) is 4.23. The molecule has 12 heavy (non-hydrogen) atoms. The molecule has 1 atom stereocenters. The van der Waals surface area contributed by atoms with Gasteiger partial charge >= 0.3 is 0 Å². The molecule has 0 aromatic carbocycles. The lowest BCUT2D eigenvalue weighted by atomic mass is 10.1. The molecule has 1 rings (SSSR count). The Labute approximate surface area is 86.1 Å². The Kier molecular flexibility index (Phi) is 4.26. The van der Waals surface area contributed by atoms with Crippen LogP contribution < -0.4 is 5.73 Å². The quantitative estimate of drug-likeness (QED) is 0.863. The van der Waals surface area contributed by atoms with Crippen molar-refractivity contribution in [2.24, 2.45) is 5.73 Å². The Morgan fingerprint density at radius 2 is 2.33 bits per heavy atom. The van der Waals surface area contributed by atoms with Crippen LogP contribution in [0.25, 0.3) is 0 Å². The van der Waals surface area contributed by atoms with E-state index in [1.807, 2.05) is 0 Å². The zero-order valence-corrected chi connectivity index (χ0v) is 9.62. The first-order chi connectivity index (χ1) is 5.75. The van der Waals surface area contributed by atoms with Gasteiger partial charge in [0.05, 0.1) is 0 Å². The van der Waals surface area contributed by atoms with Gasteiger partial charge in [-0.1, -0.05) is 19.8 Å². The van der Waals surface area contributed by atoms with Gasteiger partial charge in [0, 0.05) is 15.9 Å². The van der Waals surface area contributed by atoms with Gasteiger partial charge in [0.15, 0.2) is 0 Å². The summed E-state index contributed by atoms with van der Waals surface area (Å²) in [5.41, 5.74) is 7.26. The number of hydrogen-bond acceptors (Lipinski definition) is 2. The largest absolute Gasteiger partial charge is 0.324 e. The van der Waals surface area contributed by atoms with Crippen LogP contribution in [0.3, 0.4) is 0 Å². The summed E-state index contributed by atoms with van der Waals surface area (Å²) < 4.78 is 1.16. The summed E-state index contributed by atoms with van der Waals surface area (Å²) in [7, 11) is 0. The monoisotopic (exact) mass is 247 g/mol. The average molecular weight is 248 g/mol. The fraction of sp³-hybridized carbons (Fsp3) is 0.556. The summed E-state index contributed by atoms with van der Waals surface area (Å²) in [4.78, 5) is 0. The summed E-state index contributed by atoms with van der Waals surface area (Å²) in [6.45, 7) is 2.19. The van der Waals surface area contributed by atoms with Crippen molar-refractivity contribution >= 4 is 27.3 Å². The molecule has 1 unspecified atom stereocenters. The van der Waals surface area contributed by atoms with Crippen molar-refractivity contribution < 1.29 is 0 Å². The van der Waals surface area contributed by atoms with E-state index in [2.05, 4.69) is 33.6 Å². The molecule has 1 heterocycles. The van der Waals surface area contributed by atoms with Crippen LogP contribution in [0.4, 0.5) is 0 Å². The molecule has 1 aromatic rings. The van der Waals surface area contributed by atoms with Crippen LogP contribution in [-0.4, -0.2) is 0 Å². The standard InChI is InChI=1S/C9H14BrNS/c1-2-3-4-9(11)7-5-12-6-8(7)10/h5-6,9H,2-4,11H2,1H3. The van der Waals surface area contributed by atoms with Crippen molar-refractivity contribution in [2.75, 3.05) is 0 Å². The van der Waals surface area contributed by atoms with E-state index in [4.69, 9.17) is 5.73 Å². The van der Waals surface area contributed by atoms with Gasteiger partial charge in [0.1, 0.15) is 0 Å². The number of nitrogens with two attached hydrogens (primary N) is 1. The zero-order valence-electron chi connectivity index (χ0n) is 7.22. The zero-order chi connectivity index (χ0) is 8.97. The van der Waals surface area contributed by atoms with E-state index in [1.54, 1.807) is 11.3 Å². The van der Waals surface area contributed by atoms with Crippen molar-refractivity contribution in [3.63, 3.8) is 0 Å². The molecule has 2 N–H and O–H groups in total. The Bertz CT molecular complexity index is 234. The number of hydrogen-bond donors (Lipinski definition) is 1. The minimum atomic E-state index is 0.213. The van der Waals surface area contributed by atoms with E-state index in [1.165, 1.54) is 18.4 Å². The lowest BCUT2D eigenvalue weighted by Gasteiger charge is -2.09. The van der Waals surface area contributed by atoms with Crippen LogP contribution in [-0.2, 0) is 0 Å². The molecule has 0 aliphatic heterocycles. The highest BCUT2D eigenvalue weighted by Gasteiger charge is 2.09. The molecule has 1 nitrogen and oxygen atoms in total. The molecule has 3 heteroatoms. The van der Waals surface area contributed by atoms with Crippen LogP contribution in [0.2, 0.25) is 0 Å². The highest BCUT2D eigenvalue weighted by molar-refractivity contribution is 9.10. The minimum absolute atomic E-state index is 0.213. The Morgan fingerprint density at radius 3 is 2.83 bits per heavy atom. The molecule has 0 spiro atoms. The molecule has 0 aliphatic carbocycles. The Hall–Kier alpha value is 0.140. The summed E-state index contributed by atoms with van der Waals surface area (Å²) >= 11 is 5.19. The molecule has 0 aliphatic rings. The van der Waals surface area contributed by atoms with Crippen molar-refractivity contribution in [1.82, 2.24) is 0 Å². The molecular formula is C9H14BrNS. The Morgan fingerprint density at radius 1 is 1.58 bits per heavy atom. The van der Waals surface area contributed by atoms with Crippen LogP contribution in [0.5, 0.6) is 0 Å². The average Bonchev–Trinajstić information content (AvgIpc) is 2.47. The SMILES string of the molecule is CCCCC(N)c1cscc1Br. The van der Waals surface area contributed by atoms with Gasteiger partial charge in [-0.05, 0) is 33.3 Å². The summed E-state index contributed by atoms with van der Waals surface area (Å²) in [6.07, 6.45) is 3.52. The first kappa shape index (κ1) is 10.2. The van der Waals surface area contributed by atoms with Gasteiger partial charge < -0.3 is 5.73 Å². The molecule has 0 saturated carbocycles. The number of halogens is 1. The normalized spacial score (nSPS) is 13.2. The van der Waals surface area contributed by atoms with E-state index in [0.29, 0.717) is 0 Å². The van der Waals surface area contributed by atoms with Gasteiger partial charge in [0.2, 0.25) is 0 Å². The second-order valence-electron chi connectivity index (χ2n) is 2.92. The van der Waals surface area contributed by atoms with Crippen molar-refractivity contribution in [3.05, 3.63) is 20.8 Å². The van der Waals surface area contributed by atoms with Gasteiger partial charge in [-0.3, -0.25) is 0 Å². The van der Waals surface area contributed by atoms with E-state index < -0.39 is 0 Å². The second-order valence-corrected chi connectivity index (χ2v) is 4.52. The summed E-state index contributed by atoms with van der Waals surface area (Å²) in [5.74, 6) is 0. The highest BCUT2D eigenvalue weighted by atomic mass is 79.9.